The summed E-state index contributed by atoms with van der Waals surface area (Å²) in [6, 6.07) is 8.49. The third-order valence-corrected chi connectivity index (χ3v) is 4.84. The molecule has 0 unspecified atom stereocenters. The molecule has 1 saturated heterocycles. The van der Waals surface area contributed by atoms with E-state index in [0.29, 0.717) is 35.6 Å². The van der Waals surface area contributed by atoms with Crippen LogP contribution < -0.4 is 10.2 Å². The van der Waals surface area contributed by atoms with E-state index in [4.69, 9.17) is 0 Å². The van der Waals surface area contributed by atoms with E-state index >= 15 is 0 Å². The van der Waals surface area contributed by atoms with E-state index in [0.717, 1.165) is 18.5 Å². The van der Waals surface area contributed by atoms with Crippen LogP contribution in [0.2, 0.25) is 0 Å². The molecule has 1 fully saturated rings. The lowest BCUT2D eigenvalue weighted by Crippen LogP contribution is -2.39. The lowest BCUT2D eigenvalue weighted by Gasteiger charge is -2.32. The Hall–Kier alpha value is -1.83. The summed E-state index contributed by atoms with van der Waals surface area (Å²) < 4.78 is 37.8. The second-order valence-corrected chi connectivity index (χ2v) is 6.62. The SMILES string of the molecule is Cc1cccc(NC2CCN(c3nnc(C(F)(F)F)s3)CC2)c1. The molecule has 0 radical (unpaired) electrons. The molecule has 2 aromatic rings. The first-order valence-electron chi connectivity index (χ1n) is 7.41. The van der Waals surface area contributed by atoms with Crippen LogP contribution in [0.15, 0.2) is 24.3 Å². The summed E-state index contributed by atoms with van der Waals surface area (Å²) in [4.78, 5) is 1.88. The summed E-state index contributed by atoms with van der Waals surface area (Å²) in [7, 11) is 0. The van der Waals surface area contributed by atoms with Crippen molar-refractivity contribution < 1.29 is 13.2 Å². The number of benzene rings is 1. The smallest absolute Gasteiger partial charge is 0.382 e. The van der Waals surface area contributed by atoms with Gasteiger partial charge in [-0.1, -0.05) is 23.5 Å². The van der Waals surface area contributed by atoms with Crippen LogP contribution in [0.5, 0.6) is 0 Å². The van der Waals surface area contributed by atoms with E-state index in [2.05, 4.69) is 21.6 Å². The summed E-state index contributed by atoms with van der Waals surface area (Å²) >= 11 is 0.612. The fourth-order valence-electron chi connectivity index (χ4n) is 2.64. The van der Waals surface area contributed by atoms with Gasteiger partial charge in [-0.3, -0.25) is 0 Å². The van der Waals surface area contributed by atoms with Crippen molar-refractivity contribution in [3.63, 3.8) is 0 Å². The Balaban J connectivity index is 1.57. The number of nitrogens with zero attached hydrogens (tertiary/aromatic N) is 3. The summed E-state index contributed by atoms with van der Waals surface area (Å²) in [6.45, 7) is 3.40. The van der Waals surface area contributed by atoms with Crippen molar-refractivity contribution in [3.05, 3.63) is 34.8 Å². The highest BCUT2D eigenvalue weighted by molar-refractivity contribution is 7.15. The van der Waals surface area contributed by atoms with Crippen LogP contribution in [0.3, 0.4) is 0 Å². The summed E-state index contributed by atoms with van der Waals surface area (Å²) in [5.74, 6) is 0. The molecule has 23 heavy (non-hydrogen) atoms. The minimum atomic E-state index is -4.42. The second kappa shape index (κ2) is 6.35. The third-order valence-electron chi connectivity index (χ3n) is 3.81. The maximum absolute atomic E-state index is 12.6. The second-order valence-electron chi connectivity index (χ2n) is 5.66. The molecule has 124 valence electrons. The topological polar surface area (TPSA) is 41.0 Å². The van der Waals surface area contributed by atoms with Crippen LogP contribution >= 0.6 is 11.3 Å². The van der Waals surface area contributed by atoms with Gasteiger partial charge in [-0.05, 0) is 37.5 Å². The lowest BCUT2D eigenvalue weighted by atomic mass is 10.0. The molecule has 0 bridgehead atoms. The van der Waals surface area contributed by atoms with Crippen molar-refractivity contribution >= 4 is 22.2 Å². The van der Waals surface area contributed by atoms with Crippen molar-refractivity contribution in [2.24, 2.45) is 0 Å². The summed E-state index contributed by atoms with van der Waals surface area (Å²) in [5.41, 5.74) is 2.28. The molecule has 0 spiro atoms. The summed E-state index contributed by atoms with van der Waals surface area (Å²) in [6.07, 6.45) is -2.70. The van der Waals surface area contributed by atoms with Crippen molar-refractivity contribution in [1.82, 2.24) is 10.2 Å². The van der Waals surface area contributed by atoms with Crippen LogP contribution in [0.25, 0.3) is 0 Å². The first kappa shape index (κ1) is 16.0. The van der Waals surface area contributed by atoms with E-state index in [1.54, 1.807) is 0 Å². The average molecular weight is 342 g/mol. The van der Waals surface area contributed by atoms with Crippen LogP contribution in [0, 0.1) is 6.92 Å². The zero-order valence-electron chi connectivity index (χ0n) is 12.6. The van der Waals surface area contributed by atoms with E-state index in [9.17, 15) is 13.2 Å². The molecule has 1 aromatic heterocycles. The van der Waals surface area contributed by atoms with Gasteiger partial charge >= 0.3 is 6.18 Å². The van der Waals surface area contributed by atoms with Crippen LogP contribution in [-0.4, -0.2) is 29.3 Å². The van der Waals surface area contributed by atoms with E-state index < -0.39 is 11.2 Å². The number of aryl methyl sites for hydroxylation is 1. The zero-order chi connectivity index (χ0) is 16.4. The van der Waals surface area contributed by atoms with Gasteiger partial charge in [0.2, 0.25) is 10.1 Å². The molecule has 1 N–H and O–H groups in total. The van der Waals surface area contributed by atoms with Crippen LogP contribution in [-0.2, 0) is 6.18 Å². The van der Waals surface area contributed by atoms with Crippen LogP contribution in [0.1, 0.15) is 23.4 Å². The van der Waals surface area contributed by atoms with Gasteiger partial charge in [0.05, 0.1) is 0 Å². The van der Waals surface area contributed by atoms with Gasteiger partial charge in [0.15, 0.2) is 0 Å². The van der Waals surface area contributed by atoms with E-state index in [-0.39, 0.29) is 0 Å². The molecule has 0 saturated carbocycles. The largest absolute Gasteiger partial charge is 0.445 e. The Morgan fingerprint density at radius 2 is 1.96 bits per heavy atom. The zero-order valence-corrected chi connectivity index (χ0v) is 13.4. The van der Waals surface area contributed by atoms with Gasteiger partial charge in [-0.15, -0.1) is 10.2 Å². The number of piperidine rings is 1. The Kier molecular flexibility index (Phi) is 4.43. The molecule has 0 aliphatic carbocycles. The number of nitrogens with one attached hydrogen (secondary N) is 1. The Bertz CT molecular complexity index is 663. The maximum atomic E-state index is 12.6. The highest BCUT2D eigenvalue weighted by atomic mass is 32.1. The van der Waals surface area contributed by atoms with Gasteiger partial charge in [-0.25, -0.2) is 0 Å². The molecule has 0 amide bonds. The molecule has 1 aliphatic heterocycles. The third kappa shape index (κ3) is 3.93. The monoisotopic (exact) mass is 342 g/mol. The summed E-state index contributed by atoms with van der Waals surface area (Å²) in [5, 5.41) is 9.88. The van der Waals surface area contributed by atoms with E-state index in [1.165, 1.54) is 5.56 Å². The molecule has 3 rings (SSSR count). The van der Waals surface area contributed by atoms with Gasteiger partial charge in [0.1, 0.15) is 0 Å². The Morgan fingerprint density at radius 1 is 1.22 bits per heavy atom. The minimum absolute atomic E-state index is 0.322. The number of rotatable bonds is 3. The highest BCUT2D eigenvalue weighted by Crippen LogP contribution is 2.35. The molecular weight excluding hydrogens is 325 g/mol. The molecule has 1 aromatic carbocycles. The molecule has 2 heterocycles. The number of halogens is 3. The van der Waals surface area contributed by atoms with Crippen molar-refractivity contribution in [2.45, 2.75) is 32.0 Å². The van der Waals surface area contributed by atoms with Gasteiger partial charge in [0.25, 0.3) is 0 Å². The Labute approximate surface area is 136 Å². The molecular formula is C15H17F3N4S. The van der Waals surface area contributed by atoms with Gasteiger partial charge < -0.3 is 10.2 Å². The van der Waals surface area contributed by atoms with Crippen molar-refractivity contribution in [1.29, 1.82) is 0 Å². The van der Waals surface area contributed by atoms with Crippen molar-refractivity contribution in [3.8, 4) is 0 Å². The maximum Gasteiger partial charge on any atom is 0.445 e. The first-order chi connectivity index (χ1) is 10.9. The average Bonchev–Trinajstić information content (AvgIpc) is 2.98. The van der Waals surface area contributed by atoms with Crippen LogP contribution in [0.4, 0.5) is 24.0 Å². The number of anilines is 2. The number of hydrogen-bond acceptors (Lipinski definition) is 5. The fourth-order valence-corrected chi connectivity index (χ4v) is 3.41. The number of alkyl halides is 3. The van der Waals surface area contributed by atoms with Gasteiger partial charge in [0, 0.05) is 24.8 Å². The first-order valence-corrected chi connectivity index (χ1v) is 8.22. The standard InChI is InChI=1S/C15H17F3N4S/c1-10-3-2-4-12(9-10)19-11-5-7-22(8-6-11)14-21-20-13(23-14)15(16,17)18/h2-4,9,11,19H,5-8H2,1H3. The van der Waals surface area contributed by atoms with E-state index in [1.807, 2.05) is 30.0 Å². The quantitative estimate of drug-likeness (QED) is 0.917. The Morgan fingerprint density at radius 3 is 2.57 bits per heavy atom. The predicted molar refractivity (Wildman–Crippen MR) is 84.9 cm³/mol. The number of hydrogen-bond donors (Lipinski definition) is 1. The lowest BCUT2D eigenvalue weighted by molar-refractivity contribution is -0.138. The fraction of sp³-hybridized carbons (Fsp3) is 0.467. The highest BCUT2D eigenvalue weighted by Gasteiger charge is 2.36. The molecule has 8 heteroatoms. The minimum Gasteiger partial charge on any atom is -0.382 e. The molecule has 1 aliphatic rings. The molecule has 4 nitrogen and oxygen atoms in total. The normalized spacial score (nSPS) is 16.6. The molecule has 0 atom stereocenters. The van der Waals surface area contributed by atoms with Gasteiger partial charge in [-0.2, -0.15) is 13.2 Å². The van der Waals surface area contributed by atoms with Crippen molar-refractivity contribution in [2.75, 3.05) is 23.3 Å². The predicted octanol–water partition coefficient (Wildman–Crippen LogP) is 3.95. The number of aromatic nitrogens is 2.